The fourth-order valence-electron chi connectivity index (χ4n) is 1.40. The van der Waals surface area contributed by atoms with Crippen molar-refractivity contribution in [3.63, 3.8) is 0 Å². The quantitative estimate of drug-likeness (QED) is 0.777. The summed E-state index contributed by atoms with van der Waals surface area (Å²) in [6.07, 6.45) is 2.40. The number of hydrogen-bond donors (Lipinski definition) is 1. The Morgan fingerprint density at radius 2 is 2.42 bits per heavy atom. The van der Waals surface area contributed by atoms with Crippen molar-refractivity contribution in [3.8, 4) is 0 Å². The largest absolute Gasteiger partial charge is 0.481 e. The van der Waals surface area contributed by atoms with Crippen LogP contribution in [0.15, 0.2) is 16.8 Å². The van der Waals surface area contributed by atoms with E-state index in [0.29, 0.717) is 6.42 Å². The lowest BCUT2D eigenvalue weighted by molar-refractivity contribution is -0.143. The van der Waals surface area contributed by atoms with Crippen molar-refractivity contribution < 1.29 is 9.90 Å². The van der Waals surface area contributed by atoms with Crippen LogP contribution in [0.1, 0.15) is 18.4 Å². The minimum Gasteiger partial charge on any atom is -0.481 e. The van der Waals surface area contributed by atoms with E-state index in [1.54, 1.807) is 11.3 Å². The number of carboxylic acid groups (broad SMARTS) is 1. The van der Waals surface area contributed by atoms with Crippen molar-refractivity contribution in [2.75, 3.05) is 0 Å². The van der Waals surface area contributed by atoms with E-state index >= 15 is 0 Å². The highest BCUT2D eigenvalue weighted by Crippen LogP contribution is 2.48. The maximum Gasteiger partial charge on any atom is 0.309 e. The second-order valence-corrected chi connectivity index (χ2v) is 4.17. The van der Waals surface area contributed by atoms with Crippen LogP contribution in [0.2, 0.25) is 0 Å². The molecular formula is C9H10O2S. The van der Waals surface area contributed by atoms with Crippen LogP contribution in [0, 0.1) is 5.41 Å². The van der Waals surface area contributed by atoms with Crippen molar-refractivity contribution in [2.45, 2.75) is 19.3 Å². The highest BCUT2D eigenvalue weighted by atomic mass is 32.1. The first-order valence-corrected chi connectivity index (χ1v) is 4.92. The minimum absolute atomic E-state index is 0.402. The third kappa shape index (κ3) is 1.25. The summed E-state index contributed by atoms with van der Waals surface area (Å²) in [5.41, 5.74) is 0.765. The predicted octanol–water partition coefficient (Wildman–Crippen LogP) is 2.16. The Morgan fingerprint density at radius 3 is 2.83 bits per heavy atom. The monoisotopic (exact) mass is 182 g/mol. The van der Waals surface area contributed by atoms with Gasteiger partial charge in [-0.25, -0.2) is 0 Å². The van der Waals surface area contributed by atoms with Gasteiger partial charge < -0.3 is 5.11 Å². The molecule has 64 valence electrons. The molecule has 0 bridgehead atoms. The molecule has 2 rings (SSSR count). The molecule has 0 aromatic carbocycles. The summed E-state index contributed by atoms with van der Waals surface area (Å²) >= 11 is 1.63. The second kappa shape index (κ2) is 2.59. The Bertz CT molecular complexity index is 285. The van der Waals surface area contributed by atoms with E-state index < -0.39 is 11.4 Å². The lowest BCUT2D eigenvalue weighted by atomic mass is 9.99. The molecular weight excluding hydrogens is 172 g/mol. The molecule has 12 heavy (non-hydrogen) atoms. The van der Waals surface area contributed by atoms with Crippen LogP contribution in [-0.2, 0) is 11.2 Å². The fraction of sp³-hybridized carbons (Fsp3) is 0.444. The van der Waals surface area contributed by atoms with Gasteiger partial charge in [0.2, 0.25) is 0 Å². The van der Waals surface area contributed by atoms with E-state index in [0.717, 1.165) is 12.8 Å². The first-order chi connectivity index (χ1) is 5.73. The zero-order valence-corrected chi connectivity index (χ0v) is 7.43. The van der Waals surface area contributed by atoms with E-state index in [1.165, 1.54) is 5.56 Å². The molecule has 1 aliphatic rings. The van der Waals surface area contributed by atoms with E-state index in [1.807, 2.05) is 16.8 Å². The zero-order valence-electron chi connectivity index (χ0n) is 6.62. The summed E-state index contributed by atoms with van der Waals surface area (Å²) in [7, 11) is 0. The average molecular weight is 182 g/mol. The number of hydrogen-bond acceptors (Lipinski definition) is 2. The molecule has 0 unspecified atom stereocenters. The van der Waals surface area contributed by atoms with Gasteiger partial charge in [-0.05, 0) is 41.7 Å². The van der Waals surface area contributed by atoms with E-state index in [9.17, 15) is 4.79 Å². The molecule has 0 spiro atoms. The zero-order chi connectivity index (χ0) is 8.60. The average Bonchev–Trinajstić information content (AvgIpc) is 2.60. The molecule has 1 aromatic rings. The number of carboxylic acids is 1. The minimum atomic E-state index is -0.631. The van der Waals surface area contributed by atoms with Crippen LogP contribution in [-0.4, -0.2) is 11.1 Å². The lowest BCUT2D eigenvalue weighted by Gasteiger charge is -2.06. The highest BCUT2D eigenvalue weighted by molar-refractivity contribution is 7.07. The van der Waals surface area contributed by atoms with E-state index in [4.69, 9.17) is 5.11 Å². The topological polar surface area (TPSA) is 37.3 Å². The smallest absolute Gasteiger partial charge is 0.309 e. The first-order valence-electron chi connectivity index (χ1n) is 3.97. The Kier molecular flexibility index (Phi) is 1.68. The van der Waals surface area contributed by atoms with Crippen LogP contribution < -0.4 is 0 Å². The summed E-state index contributed by atoms with van der Waals surface area (Å²) < 4.78 is 0. The lowest BCUT2D eigenvalue weighted by Crippen LogP contribution is -2.17. The molecule has 1 fully saturated rings. The maximum absolute atomic E-state index is 10.8. The Morgan fingerprint density at radius 1 is 1.67 bits per heavy atom. The molecule has 2 nitrogen and oxygen atoms in total. The summed E-state index contributed by atoms with van der Waals surface area (Å²) in [5, 5.41) is 12.9. The number of carbonyl (C=O) groups is 1. The van der Waals surface area contributed by atoms with Crippen molar-refractivity contribution in [1.82, 2.24) is 0 Å². The Balaban J connectivity index is 2.09. The molecule has 0 saturated heterocycles. The van der Waals surface area contributed by atoms with Gasteiger partial charge in [0.15, 0.2) is 0 Å². The molecule has 1 aliphatic carbocycles. The molecule has 1 heterocycles. The Hall–Kier alpha value is -0.830. The van der Waals surface area contributed by atoms with Gasteiger partial charge in [-0.1, -0.05) is 0 Å². The van der Waals surface area contributed by atoms with Crippen LogP contribution in [0.5, 0.6) is 0 Å². The van der Waals surface area contributed by atoms with E-state index in [2.05, 4.69) is 0 Å². The van der Waals surface area contributed by atoms with Crippen LogP contribution in [0.25, 0.3) is 0 Å². The molecule has 1 aromatic heterocycles. The van der Waals surface area contributed by atoms with Gasteiger partial charge in [0, 0.05) is 0 Å². The van der Waals surface area contributed by atoms with Crippen molar-refractivity contribution in [2.24, 2.45) is 5.41 Å². The molecule has 0 aliphatic heterocycles. The summed E-state index contributed by atoms with van der Waals surface area (Å²) in [4.78, 5) is 10.8. The molecule has 0 amide bonds. The SMILES string of the molecule is O=C(O)C1(Cc2ccsc2)CC1. The molecule has 1 N–H and O–H groups in total. The summed E-state index contributed by atoms with van der Waals surface area (Å²) in [5.74, 6) is -0.631. The van der Waals surface area contributed by atoms with Gasteiger partial charge in [0.1, 0.15) is 0 Å². The maximum atomic E-state index is 10.8. The third-order valence-electron chi connectivity index (χ3n) is 2.43. The fourth-order valence-corrected chi connectivity index (χ4v) is 2.07. The molecule has 3 heteroatoms. The number of aliphatic carboxylic acids is 1. The van der Waals surface area contributed by atoms with E-state index in [-0.39, 0.29) is 0 Å². The number of rotatable bonds is 3. The second-order valence-electron chi connectivity index (χ2n) is 3.39. The van der Waals surface area contributed by atoms with Crippen LogP contribution in [0.3, 0.4) is 0 Å². The Labute approximate surface area is 74.8 Å². The predicted molar refractivity (Wildman–Crippen MR) is 47.3 cm³/mol. The highest BCUT2D eigenvalue weighted by Gasteiger charge is 2.49. The van der Waals surface area contributed by atoms with Crippen molar-refractivity contribution >= 4 is 17.3 Å². The van der Waals surface area contributed by atoms with Gasteiger partial charge in [0.05, 0.1) is 5.41 Å². The van der Waals surface area contributed by atoms with Gasteiger partial charge in [-0.2, -0.15) is 11.3 Å². The number of thiophene rings is 1. The molecule has 1 saturated carbocycles. The van der Waals surface area contributed by atoms with Gasteiger partial charge in [-0.15, -0.1) is 0 Å². The van der Waals surface area contributed by atoms with Gasteiger partial charge >= 0.3 is 5.97 Å². The van der Waals surface area contributed by atoms with Crippen molar-refractivity contribution in [1.29, 1.82) is 0 Å². The van der Waals surface area contributed by atoms with Crippen LogP contribution >= 0.6 is 11.3 Å². The third-order valence-corrected chi connectivity index (χ3v) is 3.16. The van der Waals surface area contributed by atoms with Gasteiger partial charge in [-0.3, -0.25) is 4.79 Å². The molecule has 0 radical (unpaired) electrons. The van der Waals surface area contributed by atoms with Crippen molar-refractivity contribution in [3.05, 3.63) is 22.4 Å². The van der Waals surface area contributed by atoms with Gasteiger partial charge in [0.25, 0.3) is 0 Å². The first kappa shape index (κ1) is 7.80. The normalized spacial score (nSPS) is 19.0. The standard InChI is InChI=1S/C9H10O2S/c10-8(11)9(2-3-9)5-7-1-4-12-6-7/h1,4,6H,2-3,5H2,(H,10,11). The summed E-state index contributed by atoms with van der Waals surface area (Å²) in [6, 6.07) is 2.01. The summed E-state index contributed by atoms with van der Waals surface area (Å²) in [6.45, 7) is 0. The van der Waals surface area contributed by atoms with Crippen LogP contribution in [0.4, 0.5) is 0 Å². The molecule has 0 atom stereocenters.